The Morgan fingerprint density at radius 1 is 1.00 bits per heavy atom. The van der Waals surface area contributed by atoms with Gasteiger partial charge < -0.3 is 20.6 Å². The maximum Gasteiger partial charge on any atom is 0.181 e. The number of pyridine rings is 2. The third-order valence-corrected chi connectivity index (χ3v) is 5.93. The Bertz CT molecular complexity index is 1520. The zero-order chi connectivity index (χ0) is 24.4. The molecule has 4 N–H and O–H groups in total. The fourth-order valence-corrected chi connectivity index (χ4v) is 4.23. The maximum atomic E-state index is 11.0. The first kappa shape index (κ1) is 22.6. The highest BCUT2D eigenvalue weighted by Crippen LogP contribution is 2.32. The number of rotatable bonds is 7. The molecule has 0 fully saturated rings. The van der Waals surface area contributed by atoms with Crippen molar-refractivity contribution >= 4 is 39.6 Å². The summed E-state index contributed by atoms with van der Waals surface area (Å²) in [7, 11) is 0. The first-order valence-electron chi connectivity index (χ1n) is 10.7. The molecule has 0 aliphatic heterocycles. The molecule has 0 aliphatic rings. The molecule has 0 aliphatic carbocycles. The largest absolute Gasteiger partial charge is 0.772 e. The highest BCUT2D eigenvalue weighted by molar-refractivity contribution is 7.78. The minimum absolute atomic E-state index is 0.000410. The zero-order valence-corrected chi connectivity index (χ0v) is 19.5. The van der Waals surface area contributed by atoms with Crippen molar-refractivity contribution in [3.8, 4) is 11.3 Å². The van der Waals surface area contributed by atoms with Crippen LogP contribution in [-0.2, 0) is 23.3 Å². The number of hydrogen-bond donors (Lipinski definition) is 3. The first-order valence-corrected chi connectivity index (χ1v) is 12.0. The second-order valence-electron chi connectivity index (χ2n) is 8.00. The summed E-state index contributed by atoms with van der Waals surface area (Å²) in [6.45, 7) is 1.82. The number of nitrogen functional groups attached to an aromatic ring is 1. The second-order valence-corrected chi connectivity index (χ2v) is 8.89. The van der Waals surface area contributed by atoms with Gasteiger partial charge in [0.1, 0.15) is 28.7 Å². The van der Waals surface area contributed by atoms with E-state index in [0.29, 0.717) is 40.7 Å². The van der Waals surface area contributed by atoms with E-state index in [4.69, 9.17) is 15.7 Å². The molecule has 176 valence electrons. The molecule has 4 aromatic heterocycles. The monoisotopic (exact) mass is 485 g/mol. The predicted octanol–water partition coefficient (Wildman–Crippen LogP) is 3.41. The number of fused-ring (bicyclic) bond motifs is 1. The molecular formula is C24H21N8O2S-. The van der Waals surface area contributed by atoms with Crippen molar-refractivity contribution < 1.29 is 8.76 Å². The van der Waals surface area contributed by atoms with Gasteiger partial charge in [0.05, 0.1) is 18.2 Å². The van der Waals surface area contributed by atoms with Gasteiger partial charge >= 0.3 is 0 Å². The molecule has 5 aromatic rings. The van der Waals surface area contributed by atoms with E-state index in [1.165, 1.54) is 0 Å². The summed E-state index contributed by atoms with van der Waals surface area (Å²) in [6, 6.07) is 13.1. The molecule has 4 heterocycles. The van der Waals surface area contributed by atoms with Gasteiger partial charge in [-0.05, 0) is 48.2 Å². The quantitative estimate of drug-likeness (QED) is 0.294. The number of aromatic nitrogens is 6. The number of benzene rings is 1. The third kappa shape index (κ3) is 5.15. The summed E-state index contributed by atoms with van der Waals surface area (Å²) in [4.78, 5) is 25.4. The summed E-state index contributed by atoms with van der Waals surface area (Å²) >= 11 is -2.12. The smallest absolute Gasteiger partial charge is 0.181 e. The summed E-state index contributed by atoms with van der Waals surface area (Å²) in [5.74, 6) is 1.62. The molecule has 0 saturated carbocycles. The van der Waals surface area contributed by atoms with Crippen LogP contribution in [0.15, 0.2) is 61.2 Å². The summed E-state index contributed by atoms with van der Waals surface area (Å²) in [6.07, 6.45) is 5.64. The minimum Gasteiger partial charge on any atom is -0.772 e. The van der Waals surface area contributed by atoms with Crippen molar-refractivity contribution in [3.05, 3.63) is 83.7 Å². The van der Waals surface area contributed by atoms with Gasteiger partial charge in [0.2, 0.25) is 0 Å². The maximum absolute atomic E-state index is 11.0. The number of hydrogen-bond acceptors (Lipinski definition) is 9. The highest BCUT2D eigenvalue weighted by atomic mass is 32.2. The summed E-state index contributed by atoms with van der Waals surface area (Å²) < 4.78 is 21.9. The average Bonchev–Trinajstić information content (AvgIpc) is 3.30. The lowest BCUT2D eigenvalue weighted by Crippen LogP contribution is -2.02. The van der Waals surface area contributed by atoms with Gasteiger partial charge in [0.25, 0.3) is 0 Å². The Morgan fingerprint density at radius 3 is 2.54 bits per heavy atom. The normalized spacial score (nSPS) is 12.1. The molecule has 0 bridgehead atoms. The minimum atomic E-state index is -2.12. The summed E-state index contributed by atoms with van der Waals surface area (Å²) in [5.41, 5.74) is 11.9. The van der Waals surface area contributed by atoms with E-state index in [0.717, 1.165) is 27.9 Å². The number of imidazole rings is 1. The van der Waals surface area contributed by atoms with Gasteiger partial charge in [0, 0.05) is 17.5 Å². The predicted molar refractivity (Wildman–Crippen MR) is 133 cm³/mol. The molecule has 1 aromatic carbocycles. The number of nitrogens with one attached hydrogen (secondary N) is 2. The lowest BCUT2D eigenvalue weighted by atomic mass is 10.0. The van der Waals surface area contributed by atoms with Crippen molar-refractivity contribution in [1.82, 2.24) is 29.9 Å². The zero-order valence-electron chi connectivity index (χ0n) is 18.7. The molecule has 10 nitrogen and oxygen atoms in total. The van der Waals surface area contributed by atoms with Crippen LogP contribution >= 0.6 is 0 Å². The van der Waals surface area contributed by atoms with Crippen LogP contribution in [0.3, 0.4) is 0 Å². The molecule has 0 saturated heterocycles. The number of anilines is 3. The Hall–Kier alpha value is -4.22. The molecule has 1 atom stereocenters. The van der Waals surface area contributed by atoms with Crippen molar-refractivity contribution in [2.45, 2.75) is 19.1 Å². The van der Waals surface area contributed by atoms with E-state index in [-0.39, 0.29) is 5.75 Å². The Kier molecular flexibility index (Phi) is 6.17. The lowest BCUT2D eigenvalue weighted by molar-refractivity contribution is 0.536. The van der Waals surface area contributed by atoms with E-state index in [2.05, 4.69) is 25.3 Å². The first-order chi connectivity index (χ1) is 16.9. The fourth-order valence-electron chi connectivity index (χ4n) is 3.76. The van der Waals surface area contributed by atoms with E-state index in [9.17, 15) is 8.76 Å². The van der Waals surface area contributed by atoms with Crippen LogP contribution in [0.2, 0.25) is 0 Å². The van der Waals surface area contributed by atoms with E-state index < -0.39 is 11.1 Å². The number of nitrogens with zero attached hydrogens (tertiary/aromatic N) is 5. The molecule has 0 amide bonds. The van der Waals surface area contributed by atoms with Crippen LogP contribution in [0.1, 0.15) is 22.5 Å². The average molecular weight is 486 g/mol. The number of aryl methyl sites for hydroxylation is 1. The molecule has 1 unspecified atom stereocenters. The third-order valence-electron chi connectivity index (χ3n) is 5.36. The Balaban J connectivity index is 1.54. The molecule has 5 rings (SSSR count). The SMILES string of the molecule is Cc1nc(-c2cc(Cc3ccc(CS(=O)[O-])cc3)cnc2Nc2ccc(N)nc2)c2[nH]cnc2n1. The standard InChI is InChI=1S/C24H22N8O2S/c1-14-30-21(22-24(31-14)29-13-28-22)19-9-17(8-15-2-4-16(5-3-15)12-35(33)34)10-27-23(19)32-18-6-7-20(25)26-11-18/h2-7,9-11,13H,8,12H2,1H3,(H2,25,26)(H,27,32)(H,33,34)(H,28,29,30,31)/p-1. The van der Waals surface area contributed by atoms with Crippen LogP contribution in [-0.4, -0.2) is 38.7 Å². The number of aromatic amines is 1. The van der Waals surface area contributed by atoms with Crippen LogP contribution in [0.5, 0.6) is 0 Å². The van der Waals surface area contributed by atoms with Gasteiger partial charge in [-0.15, -0.1) is 0 Å². The molecular weight excluding hydrogens is 464 g/mol. The van der Waals surface area contributed by atoms with Crippen LogP contribution < -0.4 is 11.1 Å². The molecule has 0 radical (unpaired) electrons. The number of nitrogens with two attached hydrogens (primary N) is 1. The van der Waals surface area contributed by atoms with E-state index in [1.54, 1.807) is 24.8 Å². The van der Waals surface area contributed by atoms with Crippen molar-refractivity contribution in [3.63, 3.8) is 0 Å². The van der Waals surface area contributed by atoms with Gasteiger partial charge in [-0.25, -0.2) is 24.9 Å². The molecule has 11 heteroatoms. The van der Waals surface area contributed by atoms with E-state index >= 15 is 0 Å². The van der Waals surface area contributed by atoms with Crippen molar-refractivity contribution in [2.24, 2.45) is 0 Å². The van der Waals surface area contributed by atoms with Crippen molar-refractivity contribution in [2.75, 3.05) is 11.1 Å². The van der Waals surface area contributed by atoms with Crippen LogP contribution in [0.4, 0.5) is 17.3 Å². The molecule has 35 heavy (non-hydrogen) atoms. The lowest BCUT2D eigenvalue weighted by Gasteiger charge is -2.14. The fraction of sp³-hybridized carbons (Fsp3) is 0.125. The Morgan fingerprint density at radius 2 is 1.80 bits per heavy atom. The van der Waals surface area contributed by atoms with E-state index in [1.807, 2.05) is 43.3 Å². The van der Waals surface area contributed by atoms with Gasteiger partial charge in [-0.2, -0.15) is 0 Å². The highest BCUT2D eigenvalue weighted by Gasteiger charge is 2.16. The second kappa shape index (κ2) is 9.57. The van der Waals surface area contributed by atoms with Gasteiger partial charge in [-0.3, -0.25) is 4.21 Å². The topological polar surface area (TPSA) is 158 Å². The summed E-state index contributed by atoms with van der Waals surface area (Å²) in [5, 5.41) is 3.31. The van der Waals surface area contributed by atoms with Crippen LogP contribution in [0.25, 0.3) is 22.4 Å². The van der Waals surface area contributed by atoms with Gasteiger partial charge in [-0.1, -0.05) is 35.3 Å². The Labute approximate surface area is 203 Å². The molecule has 0 spiro atoms. The number of H-pyrrole nitrogens is 1. The van der Waals surface area contributed by atoms with Crippen LogP contribution in [0, 0.1) is 6.92 Å². The van der Waals surface area contributed by atoms with Gasteiger partial charge in [0.15, 0.2) is 5.65 Å². The van der Waals surface area contributed by atoms with Crippen molar-refractivity contribution in [1.29, 1.82) is 0 Å².